The van der Waals surface area contributed by atoms with Crippen LogP contribution in [0.3, 0.4) is 0 Å². The monoisotopic (exact) mass is 577 g/mol. The highest BCUT2D eigenvalue weighted by Crippen LogP contribution is 2.67. The third kappa shape index (κ3) is 4.79. The van der Waals surface area contributed by atoms with Gasteiger partial charge >= 0.3 is 5.97 Å². The molecule has 4 aliphatic rings. The van der Waals surface area contributed by atoms with Gasteiger partial charge in [0.15, 0.2) is 6.61 Å². The molecule has 9 nitrogen and oxygen atoms in total. The number of nitrogens with zero attached hydrogens (tertiary/aromatic N) is 1. The SMILES string of the molecule is C[C@]12CCC(=NOCC(=O)N[C@H](Cc3c[nH]c4ccc(O)cc34)C(=O)O)C=C1CC[C@@H]1[C@H]2CC[C@@]2(C)[C@@H]1CC[C@]2(C)O. The number of carbonyl (C=O) groups excluding carboxylic acids is 1. The zero-order valence-corrected chi connectivity index (χ0v) is 24.8. The van der Waals surface area contributed by atoms with E-state index in [0.717, 1.165) is 62.6 Å². The fourth-order valence-electron chi connectivity index (χ4n) is 9.05. The molecule has 3 saturated carbocycles. The van der Waals surface area contributed by atoms with E-state index in [0.29, 0.717) is 28.7 Å². The molecule has 1 aromatic heterocycles. The van der Waals surface area contributed by atoms with Crippen LogP contribution in [-0.4, -0.2) is 56.1 Å². The number of carboxylic acids is 1. The van der Waals surface area contributed by atoms with E-state index in [1.165, 1.54) is 5.57 Å². The third-order valence-electron chi connectivity index (χ3n) is 11.7. The lowest BCUT2D eigenvalue weighted by molar-refractivity contribution is -0.142. The number of aromatic amines is 1. The van der Waals surface area contributed by atoms with Gasteiger partial charge in [-0.05, 0) is 117 Å². The molecule has 1 heterocycles. The number of nitrogens with one attached hydrogen (secondary N) is 2. The number of oxime groups is 1. The molecule has 1 aromatic carbocycles. The van der Waals surface area contributed by atoms with Crippen LogP contribution in [0.15, 0.2) is 41.2 Å². The number of fused-ring (bicyclic) bond motifs is 6. The fourth-order valence-corrected chi connectivity index (χ4v) is 9.05. The second-order valence-corrected chi connectivity index (χ2v) is 13.8. The van der Waals surface area contributed by atoms with Crippen LogP contribution >= 0.6 is 0 Å². The average molecular weight is 578 g/mol. The van der Waals surface area contributed by atoms with Crippen molar-refractivity contribution in [2.24, 2.45) is 33.7 Å². The van der Waals surface area contributed by atoms with Crippen molar-refractivity contribution in [1.29, 1.82) is 0 Å². The number of carbonyl (C=O) groups is 2. The number of aliphatic hydroxyl groups is 1. The first-order chi connectivity index (χ1) is 19.9. The van der Waals surface area contributed by atoms with Crippen molar-refractivity contribution in [2.45, 2.75) is 90.2 Å². The first kappa shape index (κ1) is 28.8. The summed E-state index contributed by atoms with van der Waals surface area (Å²) in [6.45, 7) is 6.41. The zero-order valence-electron chi connectivity index (χ0n) is 24.8. The molecule has 0 spiro atoms. The van der Waals surface area contributed by atoms with Gasteiger partial charge in [-0.1, -0.05) is 24.6 Å². The maximum absolute atomic E-state index is 12.6. The molecule has 5 N–H and O–H groups in total. The van der Waals surface area contributed by atoms with Crippen LogP contribution < -0.4 is 5.32 Å². The predicted octanol–water partition coefficient (Wildman–Crippen LogP) is 5.07. The lowest BCUT2D eigenvalue weighted by Gasteiger charge is -2.59. The van der Waals surface area contributed by atoms with Crippen LogP contribution in [0.5, 0.6) is 5.75 Å². The summed E-state index contributed by atoms with van der Waals surface area (Å²) in [4.78, 5) is 33.0. The van der Waals surface area contributed by atoms with Gasteiger partial charge in [-0.25, -0.2) is 4.79 Å². The number of hydrogen-bond donors (Lipinski definition) is 5. The highest BCUT2D eigenvalue weighted by molar-refractivity contribution is 5.96. The van der Waals surface area contributed by atoms with Crippen molar-refractivity contribution in [3.8, 4) is 5.75 Å². The number of aliphatic carboxylic acids is 1. The number of aromatic hydroxyl groups is 1. The second-order valence-electron chi connectivity index (χ2n) is 13.8. The second kappa shape index (κ2) is 10.4. The van der Waals surface area contributed by atoms with Crippen LogP contribution in [0.1, 0.15) is 77.7 Å². The number of aromatic nitrogens is 1. The van der Waals surface area contributed by atoms with Gasteiger partial charge in [-0.2, -0.15) is 0 Å². The van der Waals surface area contributed by atoms with E-state index in [1.807, 2.05) is 6.92 Å². The topological polar surface area (TPSA) is 144 Å². The minimum Gasteiger partial charge on any atom is -0.508 e. The molecule has 0 aliphatic heterocycles. The molecule has 0 radical (unpaired) electrons. The molecular weight excluding hydrogens is 534 g/mol. The Kier molecular flexibility index (Phi) is 7.15. The van der Waals surface area contributed by atoms with Gasteiger partial charge in [0.25, 0.3) is 5.91 Å². The number of amides is 1. The summed E-state index contributed by atoms with van der Waals surface area (Å²) in [6.07, 6.45) is 12.1. The molecule has 0 saturated heterocycles. The van der Waals surface area contributed by atoms with Crippen LogP contribution in [0, 0.1) is 28.6 Å². The van der Waals surface area contributed by atoms with Crippen molar-refractivity contribution in [2.75, 3.05) is 6.61 Å². The molecule has 6 rings (SSSR count). The van der Waals surface area contributed by atoms with E-state index in [4.69, 9.17) is 4.84 Å². The number of benzene rings is 1. The smallest absolute Gasteiger partial charge is 0.326 e. The van der Waals surface area contributed by atoms with E-state index >= 15 is 0 Å². The fraction of sp³-hybridized carbons (Fsp3) is 0.606. The van der Waals surface area contributed by atoms with Gasteiger partial charge in [-0.3, -0.25) is 4.79 Å². The summed E-state index contributed by atoms with van der Waals surface area (Å²) in [6, 6.07) is 3.69. The predicted molar refractivity (Wildman–Crippen MR) is 159 cm³/mol. The summed E-state index contributed by atoms with van der Waals surface area (Å²) < 4.78 is 0. The standard InChI is InChI=1S/C33H43N3O6/c1-31-11-8-21(15-20(31)4-6-23-25(31)9-12-32(2)26(23)10-13-33(32,3)41)36-42-18-29(38)35-28(30(39)40)14-19-17-34-27-7-5-22(37)16-24(19)27/h5,7,15-17,23,25-26,28,34,37,41H,4,6,8-14,18H2,1-3H3,(H,35,38)(H,39,40)/t23-,25-,26-,28-,31+,32+,33+/m1/s1. The summed E-state index contributed by atoms with van der Waals surface area (Å²) in [5.74, 6) is 0.227. The van der Waals surface area contributed by atoms with Crippen LogP contribution in [0.4, 0.5) is 0 Å². The molecule has 0 bridgehead atoms. The maximum atomic E-state index is 12.6. The molecule has 42 heavy (non-hydrogen) atoms. The Morgan fingerprint density at radius 1 is 1.12 bits per heavy atom. The summed E-state index contributed by atoms with van der Waals surface area (Å²) in [5, 5.41) is 38.2. The number of rotatable bonds is 7. The highest BCUT2D eigenvalue weighted by Gasteiger charge is 2.62. The number of H-pyrrole nitrogens is 1. The Morgan fingerprint density at radius 2 is 1.90 bits per heavy atom. The molecule has 0 unspecified atom stereocenters. The average Bonchev–Trinajstić information content (AvgIpc) is 3.44. The molecule has 2 aromatic rings. The van der Waals surface area contributed by atoms with Crippen molar-refractivity contribution < 1.29 is 29.7 Å². The van der Waals surface area contributed by atoms with Crippen LogP contribution in [-0.2, 0) is 20.8 Å². The lowest BCUT2D eigenvalue weighted by Crippen LogP contribution is -2.53. The quantitative estimate of drug-likeness (QED) is 0.291. The number of hydrogen-bond acceptors (Lipinski definition) is 6. The molecule has 9 heteroatoms. The van der Waals surface area contributed by atoms with Gasteiger partial charge in [0.05, 0.1) is 11.3 Å². The van der Waals surface area contributed by atoms with Crippen molar-refractivity contribution in [3.63, 3.8) is 0 Å². The largest absolute Gasteiger partial charge is 0.508 e. The molecule has 1 amide bonds. The normalized spacial score (nSPS) is 35.6. The van der Waals surface area contributed by atoms with E-state index in [2.05, 4.69) is 35.4 Å². The van der Waals surface area contributed by atoms with Crippen molar-refractivity contribution >= 4 is 28.5 Å². The number of phenolic OH excluding ortho intramolecular Hbond substituents is 1. The number of carboxylic acid groups (broad SMARTS) is 1. The van der Waals surface area contributed by atoms with Crippen molar-refractivity contribution in [3.05, 3.63) is 41.6 Å². The maximum Gasteiger partial charge on any atom is 0.326 e. The first-order valence-electron chi connectivity index (χ1n) is 15.3. The molecule has 226 valence electrons. The molecule has 7 atom stereocenters. The Morgan fingerprint density at radius 3 is 2.69 bits per heavy atom. The van der Waals surface area contributed by atoms with E-state index in [1.54, 1.807) is 24.4 Å². The minimum atomic E-state index is -1.15. The molecule has 4 aliphatic carbocycles. The van der Waals surface area contributed by atoms with Crippen LogP contribution in [0.2, 0.25) is 0 Å². The van der Waals surface area contributed by atoms with Gasteiger partial charge < -0.3 is 30.5 Å². The van der Waals surface area contributed by atoms with E-state index in [-0.39, 0.29) is 29.6 Å². The third-order valence-corrected chi connectivity index (χ3v) is 11.7. The van der Waals surface area contributed by atoms with E-state index in [9.17, 15) is 24.9 Å². The van der Waals surface area contributed by atoms with Gasteiger partial charge in [0.2, 0.25) is 0 Å². The van der Waals surface area contributed by atoms with E-state index < -0.39 is 23.5 Å². The molecular formula is C33H43N3O6. The first-order valence-corrected chi connectivity index (χ1v) is 15.3. The number of phenols is 1. The summed E-state index contributed by atoms with van der Waals surface area (Å²) >= 11 is 0. The highest BCUT2D eigenvalue weighted by atomic mass is 16.6. The molecule has 3 fully saturated rings. The Labute approximate surface area is 246 Å². The number of allylic oxidation sites excluding steroid dienone is 2. The van der Waals surface area contributed by atoms with Gasteiger partial charge in [0, 0.05) is 23.5 Å². The summed E-state index contributed by atoms with van der Waals surface area (Å²) in [7, 11) is 0. The van der Waals surface area contributed by atoms with Crippen LogP contribution in [0.25, 0.3) is 10.9 Å². The minimum absolute atomic E-state index is 0.0134. The van der Waals surface area contributed by atoms with Gasteiger partial charge in [0.1, 0.15) is 11.8 Å². The van der Waals surface area contributed by atoms with Gasteiger partial charge in [-0.15, -0.1) is 0 Å². The Balaban J connectivity index is 1.07. The Hall–Kier alpha value is -3.33. The van der Waals surface area contributed by atoms with Crippen molar-refractivity contribution in [1.82, 2.24) is 10.3 Å². The summed E-state index contributed by atoms with van der Waals surface area (Å²) in [5.41, 5.74) is 3.28. The zero-order chi connectivity index (χ0) is 29.9. The lowest BCUT2D eigenvalue weighted by atomic mass is 9.46. The Bertz CT molecular complexity index is 1460.